The molecule has 0 unspecified atom stereocenters. The summed E-state index contributed by atoms with van der Waals surface area (Å²) >= 11 is 0. The smallest absolute Gasteiger partial charge is 0.231 e. The van der Waals surface area contributed by atoms with Crippen molar-refractivity contribution in [1.82, 2.24) is 4.90 Å². The molecule has 2 aliphatic rings. The normalized spacial score (nSPS) is 15.2. The van der Waals surface area contributed by atoms with Gasteiger partial charge in [-0.2, -0.15) is 0 Å². The molecule has 11 heteroatoms. The van der Waals surface area contributed by atoms with E-state index in [1.165, 1.54) is 13.2 Å². The van der Waals surface area contributed by atoms with Crippen LogP contribution in [0.25, 0.3) is 22.3 Å². The predicted molar refractivity (Wildman–Crippen MR) is 146 cm³/mol. The highest BCUT2D eigenvalue weighted by Gasteiger charge is 2.34. The number of carbonyl (C=O) groups is 1. The summed E-state index contributed by atoms with van der Waals surface area (Å²) in [6, 6.07) is 13.3. The van der Waals surface area contributed by atoms with E-state index < -0.39 is 28.6 Å². The van der Waals surface area contributed by atoms with Gasteiger partial charge < -0.3 is 43.6 Å². The Hall–Kier alpha value is -4.90. The van der Waals surface area contributed by atoms with Crippen LogP contribution < -0.4 is 19.6 Å². The number of rotatable bonds is 6. The highest BCUT2D eigenvalue weighted by atomic mass is 16.7. The van der Waals surface area contributed by atoms with E-state index in [-0.39, 0.29) is 41.4 Å². The van der Waals surface area contributed by atoms with Gasteiger partial charge in [-0.3, -0.25) is 9.59 Å². The van der Waals surface area contributed by atoms with Gasteiger partial charge in [0.15, 0.2) is 28.4 Å². The Morgan fingerprint density at radius 3 is 2.49 bits per heavy atom. The minimum absolute atomic E-state index is 0.0317. The van der Waals surface area contributed by atoms with Crippen molar-refractivity contribution < 1.29 is 43.5 Å². The fourth-order valence-corrected chi connectivity index (χ4v) is 5.30. The topological polar surface area (TPSA) is 148 Å². The van der Waals surface area contributed by atoms with Crippen molar-refractivity contribution in [1.29, 1.82) is 0 Å². The van der Waals surface area contributed by atoms with Crippen LogP contribution in [0.5, 0.6) is 34.5 Å². The number of hydrogen-bond donors (Lipinski definition) is 3. The highest BCUT2D eigenvalue weighted by molar-refractivity contribution is 5.94. The van der Waals surface area contributed by atoms with Crippen molar-refractivity contribution in [2.45, 2.75) is 12.3 Å². The van der Waals surface area contributed by atoms with Crippen LogP contribution in [-0.2, 0) is 9.53 Å². The van der Waals surface area contributed by atoms with Gasteiger partial charge in [0.1, 0.15) is 16.7 Å². The zero-order chi connectivity index (χ0) is 28.7. The number of fused-ring (bicyclic) bond motifs is 2. The molecule has 1 fully saturated rings. The third kappa shape index (κ3) is 4.63. The largest absolute Gasteiger partial charge is 0.504 e. The molecule has 0 bridgehead atoms. The second-order valence-corrected chi connectivity index (χ2v) is 9.71. The molecule has 3 heterocycles. The van der Waals surface area contributed by atoms with E-state index in [1.54, 1.807) is 41.3 Å². The Morgan fingerprint density at radius 1 is 1.00 bits per heavy atom. The Morgan fingerprint density at radius 2 is 1.76 bits per heavy atom. The minimum Gasteiger partial charge on any atom is -0.504 e. The standard InChI is InChI=1S/C30H27NO10/c1-37-21-11-17(12-22-29(21)40-15-39-22)18(13-23(33)31-7-9-38-10-8-31)24-26(34)28(36)27(35)25-19(32)14-20(41-30(24)25)16-5-3-2-4-6-16/h2-6,11-12,14,18,34-36H,7-10,13,15H2,1H3/t18-/m1/s1. The lowest BCUT2D eigenvalue weighted by atomic mass is 9.85. The fraction of sp³-hybridized carbons (Fsp3) is 0.267. The van der Waals surface area contributed by atoms with E-state index in [9.17, 15) is 24.9 Å². The molecule has 41 heavy (non-hydrogen) atoms. The number of phenols is 3. The van der Waals surface area contributed by atoms with Crippen molar-refractivity contribution in [3.63, 3.8) is 0 Å². The van der Waals surface area contributed by atoms with Gasteiger partial charge in [-0.1, -0.05) is 30.3 Å². The van der Waals surface area contributed by atoms with Gasteiger partial charge in [0.25, 0.3) is 0 Å². The maximum absolute atomic E-state index is 13.6. The molecule has 0 radical (unpaired) electrons. The van der Waals surface area contributed by atoms with Crippen LogP contribution in [-0.4, -0.2) is 66.3 Å². The number of ether oxygens (including phenoxy) is 4. The Balaban J connectivity index is 1.61. The summed E-state index contributed by atoms with van der Waals surface area (Å²) in [6.07, 6.45) is -0.186. The summed E-state index contributed by atoms with van der Waals surface area (Å²) in [5.41, 5.74) is 0.186. The molecule has 4 aromatic rings. The molecular formula is C30H27NO10. The molecule has 1 amide bonds. The zero-order valence-corrected chi connectivity index (χ0v) is 22.1. The predicted octanol–water partition coefficient (Wildman–Crippen LogP) is 3.69. The molecule has 6 rings (SSSR count). The second kappa shape index (κ2) is 10.6. The number of phenolic OH excluding ortho intramolecular Hbond substituents is 3. The van der Waals surface area contributed by atoms with Gasteiger partial charge in [-0.25, -0.2) is 0 Å². The van der Waals surface area contributed by atoms with Gasteiger partial charge in [0, 0.05) is 42.6 Å². The molecule has 3 aromatic carbocycles. The van der Waals surface area contributed by atoms with E-state index in [0.29, 0.717) is 54.7 Å². The molecule has 11 nitrogen and oxygen atoms in total. The van der Waals surface area contributed by atoms with Gasteiger partial charge >= 0.3 is 0 Å². The average molecular weight is 562 g/mol. The molecule has 0 saturated carbocycles. The summed E-state index contributed by atoms with van der Waals surface area (Å²) in [6.45, 7) is 1.51. The van der Waals surface area contributed by atoms with Crippen LogP contribution in [0, 0.1) is 0 Å². The zero-order valence-electron chi connectivity index (χ0n) is 22.1. The number of morpholine rings is 1. The SMILES string of the molecule is COc1cc([C@@H](CC(=O)N2CCOCC2)c2c(O)c(O)c(O)c3c(=O)cc(-c4ccccc4)oc23)cc2c1OCO2. The Labute approximate surface area is 233 Å². The van der Waals surface area contributed by atoms with Crippen LogP contribution in [0.2, 0.25) is 0 Å². The number of hydrogen-bond acceptors (Lipinski definition) is 10. The molecular weight excluding hydrogens is 534 g/mol. The van der Waals surface area contributed by atoms with Gasteiger partial charge in [-0.05, 0) is 17.7 Å². The molecule has 0 aliphatic carbocycles. The molecule has 1 atom stereocenters. The van der Waals surface area contributed by atoms with Gasteiger partial charge in [-0.15, -0.1) is 0 Å². The summed E-state index contributed by atoms with van der Waals surface area (Å²) < 4.78 is 28.2. The molecule has 212 valence electrons. The fourth-order valence-electron chi connectivity index (χ4n) is 5.30. The number of aromatic hydroxyl groups is 3. The van der Waals surface area contributed by atoms with Crippen molar-refractivity contribution in [2.24, 2.45) is 0 Å². The van der Waals surface area contributed by atoms with Gasteiger partial charge in [0.05, 0.1) is 20.3 Å². The lowest BCUT2D eigenvalue weighted by Gasteiger charge is -2.29. The maximum Gasteiger partial charge on any atom is 0.231 e. The van der Waals surface area contributed by atoms with Crippen molar-refractivity contribution in [2.75, 3.05) is 40.2 Å². The van der Waals surface area contributed by atoms with Crippen molar-refractivity contribution in [3.8, 4) is 45.8 Å². The van der Waals surface area contributed by atoms with Crippen LogP contribution in [0.1, 0.15) is 23.5 Å². The number of carbonyl (C=O) groups excluding carboxylic acids is 1. The van der Waals surface area contributed by atoms with E-state index >= 15 is 0 Å². The van der Waals surface area contributed by atoms with E-state index in [1.807, 2.05) is 6.07 Å². The molecule has 1 aromatic heterocycles. The first-order chi connectivity index (χ1) is 19.9. The summed E-state index contributed by atoms with van der Waals surface area (Å²) in [7, 11) is 1.46. The first-order valence-corrected chi connectivity index (χ1v) is 13.0. The minimum atomic E-state index is -0.975. The molecule has 2 aliphatic heterocycles. The monoisotopic (exact) mass is 561 g/mol. The maximum atomic E-state index is 13.6. The van der Waals surface area contributed by atoms with Crippen LogP contribution in [0.15, 0.2) is 57.7 Å². The van der Waals surface area contributed by atoms with E-state index in [0.717, 1.165) is 0 Å². The first kappa shape index (κ1) is 26.3. The lowest BCUT2D eigenvalue weighted by molar-refractivity contribution is -0.135. The van der Waals surface area contributed by atoms with E-state index in [2.05, 4.69) is 0 Å². The van der Waals surface area contributed by atoms with Crippen LogP contribution in [0.4, 0.5) is 0 Å². The third-order valence-corrected chi connectivity index (χ3v) is 7.37. The molecule has 3 N–H and O–H groups in total. The average Bonchev–Trinajstić information content (AvgIpc) is 3.48. The third-order valence-electron chi connectivity index (χ3n) is 7.37. The second-order valence-electron chi connectivity index (χ2n) is 9.71. The van der Waals surface area contributed by atoms with Crippen molar-refractivity contribution >= 4 is 16.9 Å². The van der Waals surface area contributed by atoms with E-state index in [4.69, 9.17) is 23.4 Å². The van der Waals surface area contributed by atoms with Gasteiger partial charge in [0.2, 0.25) is 24.2 Å². The first-order valence-electron chi connectivity index (χ1n) is 13.0. The van der Waals surface area contributed by atoms with Crippen molar-refractivity contribution in [3.05, 3.63) is 69.9 Å². The summed E-state index contributed by atoms with van der Waals surface area (Å²) in [4.78, 5) is 28.6. The number of methoxy groups -OCH3 is 1. The molecule has 1 saturated heterocycles. The number of amides is 1. The lowest BCUT2D eigenvalue weighted by Crippen LogP contribution is -2.41. The summed E-state index contributed by atoms with van der Waals surface area (Å²) in [5, 5.41) is 32.5. The Kier molecular flexibility index (Phi) is 6.80. The quantitative estimate of drug-likeness (QED) is 0.298. The Bertz CT molecular complexity index is 1690. The van der Waals surface area contributed by atoms with Crippen LogP contribution >= 0.6 is 0 Å². The summed E-state index contributed by atoms with van der Waals surface area (Å²) in [5.74, 6) is -2.42. The number of benzene rings is 3. The van der Waals surface area contributed by atoms with Crippen LogP contribution in [0.3, 0.4) is 0 Å². The highest BCUT2D eigenvalue weighted by Crippen LogP contribution is 2.51. The molecule has 0 spiro atoms. The number of nitrogens with zero attached hydrogens (tertiary/aromatic N) is 1.